The summed E-state index contributed by atoms with van der Waals surface area (Å²) in [7, 11) is 2.21. The number of ketones is 1. The number of aromatic nitrogens is 1. The van der Waals surface area contributed by atoms with E-state index in [1.54, 1.807) is 6.20 Å². The Kier molecular flexibility index (Phi) is 3.03. The highest BCUT2D eigenvalue weighted by Crippen LogP contribution is 2.39. The number of carbonyl (C=O) groups excluding carboxylic acids is 1. The highest BCUT2D eigenvalue weighted by Gasteiger charge is 2.41. The van der Waals surface area contributed by atoms with Crippen LogP contribution in [0.25, 0.3) is 10.9 Å². The molecule has 1 aromatic carbocycles. The minimum atomic E-state index is 0.173. The van der Waals surface area contributed by atoms with Gasteiger partial charge in [-0.15, -0.1) is 0 Å². The molecule has 3 nitrogen and oxygen atoms in total. The van der Waals surface area contributed by atoms with Crippen molar-refractivity contribution in [2.45, 2.75) is 37.8 Å². The number of rotatable bonds is 2. The molecule has 0 aliphatic carbocycles. The first-order valence-corrected chi connectivity index (χ1v) is 7.84. The van der Waals surface area contributed by atoms with Gasteiger partial charge in [-0.1, -0.05) is 18.2 Å². The average molecular weight is 280 g/mol. The van der Waals surface area contributed by atoms with Crippen LogP contribution in [0, 0.1) is 5.92 Å². The highest BCUT2D eigenvalue weighted by molar-refractivity contribution is 6.07. The summed E-state index contributed by atoms with van der Waals surface area (Å²) in [5.41, 5.74) is 1.67. The van der Waals surface area contributed by atoms with Gasteiger partial charge in [-0.3, -0.25) is 9.78 Å². The first-order chi connectivity index (χ1) is 10.2. The molecule has 0 amide bonds. The van der Waals surface area contributed by atoms with Crippen molar-refractivity contribution in [2.24, 2.45) is 5.92 Å². The van der Waals surface area contributed by atoms with E-state index in [9.17, 15) is 4.79 Å². The van der Waals surface area contributed by atoms with Gasteiger partial charge in [0.2, 0.25) is 0 Å². The fraction of sp³-hybridized carbons (Fsp3) is 0.444. The number of nitrogens with zero attached hydrogens (tertiary/aromatic N) is 2. The van der Waals surface area contributed by atoms with Gasteiger partial charge in [0, 0.05) is 35.1 Å². The quantitative estimate of drug-likeness (QED) is 0.791. The third-order valence-corrected chi connectivity index (χ3v) is 5.37. The Bertz CT molecular complexity index is 677. The molecule has 2 aromatic rings. The molecule has 2 aliphatic heterocycles. The van der Waals surface area contributed by atoms with Crippen LogP contribution in [-0.2, 0) is 0 Å². The predicted molar refractivity (Wildman–Crippen MR) is 83.4 cm³/mol. The van der Waals surface area contributed by atoms with E-state index >= 15 is 0 Å². The van der Waals surface area contributed by atoms with E-state index in [2.05, 4.69) is 16.9 Å². The Morgan fingerprint density at radius 3 is 2.62 bits per heavy atom. The summed E-state index contributed by atoms with van der Waals surface area (Å²) in [6.45, 7) is 0. The SMILES string of the molecule is CN1C2CCC1CC(C(=O)c1cccc3cccnc13)C2. The second-order valence-electron chi connectivity index (χ2n) is 6.46. The number of piperidine rings is 1. The van der Waals surface area contributed by atoms with E-state index in [1.165, 1.54) is 12.8 Å². The van der Waals surface area contributed by atoms with Crippen molar-refractivity contribution >= 4 is 16.7 Å². The Morgan fingerprint density at radius 1 is 1.14 bits per heavy atom. The monoisotopic (exact) mass is 280 g/mol. The molecule has 2 bridgehead atoms. The molecule has 2 aliphatic rings. The van der Waals surface area contributed by atoms with Gasteiger partial charge in [0.15, 0.2) is 5.78 Å². The second kappa shape index (κ2) is 4.92. The van der Waals surface area contributed by atoms with Crippen molar-refractivity contribution in [1.82, 2.24) is 9.88 Å². The first kappa shape index (κ1) is 13.0. The number of fused-ring (bicyclic) bond motifs is 3. The number of carbonyl (C=O) groups is 1. The molecule has 4 rings (SSSR count). The van der Waals surface area contributed by atoms with Crippen molar-refractivity contribution < 1.29 is 4.79 Å². The minimum Gasteiger partial charge on any atom is -0.300 e. The third kappa shape index (κ3) is 2.07. The number of hydrogen-bond acceptors (Lipinski definition) is 3. The molecule has 0 radical (unpaired) electrons. The Balaban J connectivity index is 1.68. The number of pyridine rings is 1. The lowest BCUT2D eigenvalue weighted by Crippen LogP contribution is -2.42. The number of benzene rings is 1. The molecule has 21 heavy (non-hydrogen) atoms. The largest absolute Gasteiger partial charge is 0.300 e. The van der Waals surface area contributed by atoms with Crippen molar-refractivity contribution in [2.75, 3.05) is 7.05 Å². The molecule has 1 aromatic heterocycles. The molecule has 3 heterocycles. The number of Topliss-reactive ketones (excluding diaryl/α,β-unsaturated/α-hetero) is 1. The van der Waals surface area contributed by atoms with E-state index in [4.69, 9.17) is 0 Å². The van der Waals surface area contributed by atoms with Crippen LogP contribution in [0.4, 0.5) is 0 Å². The molecule has 0 N–H and O–H groups in total. The van der Waals surface area contributed by atoms with Gasteiger partial charge in [-0.25, -0.2) is 0 Å². The molecule has 108 valence electrons. The van der Waals surface area contributed by atoms with Crippen LogP contribution in [0.5, 0.6) is 0 Å². The topological polar surface area (TPSA) is 33.2 Å². The zero-order valence-corrected chi connectivity index (χ0v) is 12.3. The molecular weight excluding hydrogens is 260 g/mol. The van der Waals surface area contributed by atoms with E-state index < -0.39 is 0 Å². The summed E-state index contributed by atoms with van der Waals surface area (Å²) in [5.74, 6) is 0.468. The fourth-order valence-electron chi connectivity index (χ4n) is 4.15. The zero-order chi connectivity index (χ0) is 14.4. The predicted octanol–water partition coefficient (Wildman–Crippen LogP) is 3.29. The van der Waals surface area contributed by atoms with Gasteiger partial charge >= 0.3 is 0 Å². The lowest BCUT2D eigenvalue weighted by molar-refractivity contribution is 0.0768. The van der Waals surface area contributed by atoms with Gasteiger partial charge < -0.3 is 4.90 Å². The summed E-state index contributed by atoms with van der Waals surface area (Å²) in [5, 5.41) is 1.05. The lowest BCUT2D eigenvalue weighted by atomic mass is 9.84. The fourth-order valence-corrected chi connectivity index (χ4v) is 4.15. The maximum Gasteiger partial charge on any atom is 0.168 e. The average Bonchev–Trinajstić information content (AvgIpc) is 2.75. The van der Waals surface area contributed by atoms with Crippen LogP contribution in [-0.4, -0.2) is 34.8 Å². The molecular formula is C18H20N2O. The molecule has 0 saturated carbocycles. The van der Waals surface area contributed by atoms with Crippen molar-refractivity contribution in [1.29, 1.82) is 0 Å². The van der Waals surface area contributed by atoms with Crippen LogP contribution in [0.15, 0.2) is 36.5 Å². The number of para-hydroxylation sites is 1. The molecule has 0 spiro atoms. The summed E-state index contributed by atoms with van der Waals surface area (Å²) in [6.07, 6.45) is 6.29. The van der Waals surface area contributed by atoms with Crippen LogP contribution < -0.4 is 0 Å². The Labute approximate surface area is 125 Å². The van der Waals surface area contributed by atoms with Gasteiger partial charge in [-0.05, 0) is 44.9 Å². The Morgan fingerprint density at radius 2 is 1.86 bits per heavy atom. The van der Waals surface area contributed by atoms with E-state index in [1.807, 2.05) is 30.3 Å². The molecule has 2 unspecified atom stereocenters. The Hall–Kier alpha value is -1.74. The van der Waals surface area contributed by atoms with Crippen LogP contribution in [0.3, 0.4) is 0 Å². The normalized spacial score (nSPS) is 28.9. The first-order valence-electron chi connectivity index (χ1n) is 7.84. The smallest absolute Gasteiger partial charge is 0.168 e. The molecule has 3 heteroatoms. The van der Waals surface area contributed by atoms with E-state index in [0.717, 1.165) is 29.3 Å². The standard InChI is InChI=1S/C18H20N2O/c1-20-14-7-8-15(20)11-13(10-14)18(21)16-6-2-4-12-5-3-9-19-17(12)16/h2-6,9,13-15H,7-8,10-11H2,1H3. The highest BCUT2D eigenvalue weighted by atomic mass is 16.1. The van der Waals surface area contributed by atoms with Crippen molar-refractivity contribution in [3.05, 3.63) is 42.1 Å². The van der Waals surface area contributed by atoms with Gasteiger partial charge in [-0.2, -0.15) is 0 Å². The third-order valence-electron chi connectivity index (χ3n) is 5.37. The number of hydrogen-bond donors (Lipinski definition) is 0. The van der Waals surface area contributed by atoms with E-state index in [-0.39, 0.29) is 5.92 Å². The van der Waals surface area contributed by atoms with Crippen LogP contribution >= 0.6 is 0 Å². The second-order valence-corrected chi connectivity index (χ2v) is 6.46. The van der Waals surface area contributed by atoms with Crippen LogP contribution in [0.1, 0.15) is 36.0 Å². The van der Waals surface area contributed by atoms with E-state index in [0.29, 0.717) is 17.9 Å². The van der Waals surface area contributed by atoms with Crippen LogP contribution in [0.2, 0.25) is 0 Å². The zero-order valence-electron chi connectivity index (χ0n) is 12.3. The maximum atomic E-state index is 13.0. The van der Waals surface area contributed by atoms with Gasteiger partial charge in [0.05, 0.1) is 5.52 Å². The summed E-state index contributed by atoms with van der Waals surface area (Å²) >= 11 is 0. The molecule has 2 fully saturated rings. The minimum absolute atomic E-state index is 0.173. The van der Waals surface area contributed by atoms with Crippen molar-refractivity contribution in [3.8, 4) is 0 Å². The molecule has 2 saturated heterocycles. The molecule has 2 atom stereocenters. The summed E-state index contributed by atoms with van der Waals surface area (Å²) < 4.78 is 0. The van der Waals surface area contributed by atoms with Gasteiger partial charge in [0.1, 0.15) is 0 Å². The summed E-state index contributed by atoms with van der Waals surface area (Å²) in [6, 6.07) is 11.1. The van der Waals surface area contributed by atoms with Crippen molar-refractivity contribution in [3.63, 3.8) is 0 Å². The maximum absolute atomic E-state index is 13.0. The van der Waals surface area contributed by atoms with Gasteiger partial charge in [0.25, 0.3) is 0 Å². The lowest BCUT2D eigenvalue weighted by Gasteiger charge is -2.35. The summed E-state index contributed by atoms with van der Waals surface area (Å²) in [4.78, 5) is 19.9.